The highest BCUT2D eigenvalue weighted by molar-refractivity contribution is 6.30. The highest BCUT2D eigenvalue weighted by Crippen LogP contribution is 2.33. The molecule has 2 aromatic heterocycles. The number of para-hydroxylation sites is 1. The molecule has 0 radical (unpaired) electrons. The molecule has 0 atom stereocenters. The molecule has 4 rings (SSSR count). The Morgan fingerprint density at radius 2 is 1.76 bits per heavy atom. The SMILES string of the molecule is Cc1nn(-c2ccccc2)cc1CCCNC(=O)c1cnn(-c2ccc(Cl)cc2)c1C(F)(F)F. The third kappa shape index (κ3) is 5.14. The molecule has 10 heteroatoms. The minimum atomic E-state index is -4.77. The van der Waals surface area contributed by atoms with Gasteiger partial charge in [0.25, 0.3) is 5.91 Å². The first-order chi connectivity index (χ1) is 16.2. The number of nitrogens with zero attached hydrogens (tertiary/aromatic N) is 4. The van der Waals surface area contributed by atoms with E-state index >= 15 is 0 Å². The number of alkyl halides is 3. The van der Waals surface area contributed by atoms with Crippen molar-refractivity contribution in [2.24, 2.45) is 0 Å². The number of carbonyl (C=O) groups excluding carboxylic acids is 1. The molecule has 0 aliphatic rings. The second-order valence-electron chi connectivity index (χ2n) is 7.67. The van der Waals surface area contributed by atoms with Gasteiger partial charge in [-0.1, -0.05) is 29.8 Å². The normalized spacial score (nSPS) is 11.6. The topological polar surface area (TPSA) is 64.7 Å². The van der Waals surface area contributed by atoms with E-state index in [9.17, 15) is 18.0 Å². The summed E-state index contributed by atoms with van der Waals surface area (Å²) >= 11 is 5.82. The fourth-order valence-corrected chi connectivity index (χ4v) is 3.72. The number of hydrogen-bond acceptors (Lipinski definition) is 3. The molecule has 4 aromatic rings. The summed E-state index contributed by atoms with van der Waals surface area (Å²) in [6.07, 6.45) is -0.758. The highest BCUT2D eigenvalue weighted by atomic mass is 35.5. The van der Waals surface area contributed by atoms with Gasteiger partial charge in [-0.2, -0.15) is 23.4 Å². The summed E-state index contributed by atoms with van der Waals surface area (Å²) in [6.45, 7) is 2.10. The van der Waals surface area contributed by atoms with Crippen molar-refractivity contribution in [3.05, 3.63) is 94.5 Å². The number of hydrogen-bond donors (Lipinski definition) is 1. The highest BCUT2D eigenvalue weighted by Gasteiger charge is 2.40. The van der Waals surface area contributed by atoms with E-state index in [1.807, 2.05) is 43.5 Å². The Hall–Kier alpha value is -3.59. The van der Waals surface area contributed by atoms with Crippen molar-refractivity contribution in [3.63, 3.8) is 0 Å². The maximum Gasteiger partial charge on any atom is 0.434 e. The fraction of sp³-hybridized carbons (Fsp3) is 0.208. The van der Waals surface area contributed by atoms with E-state index in [-0.39, 0.29) is 12.2 Å². The average Bonchev–Trinajstić information content (AvgIpc) is 3.42. The Morgan fingerprint density at radius 1 is 1.06 bits per heavy atom. The molecule has 34 heavy (non-hydrogen) atoms. The van der Waals surface area contributed by atoms with E-state index in [4.69, 9.17) is 11.6 Å². The average molecular weight is 488 g/mol. The van der Waals surface area contributed by atoms with Gasteiger partial charge in [-0.15, -0.1) is 0 Å². The molecular formula is C24H21ClF3N5O. The molecule has 176 valence electrons. The second kappa shape index (κ2) is 9.72. The third-order valence-electron chi connectivity index (χ3n) is 5.28. The summed E-state index contributed by atoms with van der Waals surface area (Å²) in [4.78, 5) is 12.6. The first kappa shape index (κ1) is 23.6. The molecule has 0 aliphatic carbocycles. The summed E-state index contributed by atoms with van der Waals surface area (Å²) in [6, 6.07) is 15.4. The molecule has 0 saturated heterocycles. The van der Waals surface area contributed by atoms with Crippen LogP contribution in [0.5, 0.6) is 0 Å². The number of aryl methyl sites for hydroxylation is 2. The molecule has 1 amide bonds. The van der Waals surface area contributed by atoms with Crippen LogP contribution in [0.4, 0.5) is 13.2 Å². The van der Waals surface area contributed by atoms with Gasteiger partial charge in [0.15, 0.2) is 5.69 Å². The maximum atomic E-state index is 13.8. The van der Waals surface area contributed by atoms with Gasteiger partial charge >= 0.3 is 6.18 Å². The van der Waals surface area contributed by atoms with Gasteiger partial charge in [0.05, 0.1) is 28.8 Å². The lowest BCUT2D eigenvalue weighted by Gasteiger charge is -2.13. The van der Waals surface area contributed by atoms with Crippen LogP contribution in [0.15, 0.2) is 67.0 Å². The third-order valence-corrected chi connectivity index (χ3v) is 5.54. The van der Waals surface area contributed by atoms with Gasteiger partial charge in [0.1, 0.15) is 0 Å². The quantitative estimate of drug-likeness (QED) is 0.355. The Kier molecular flexibility index (Phi) is 6.74. The molecule has 0 unspecified atom stereocenters. The molecule has 0 aliphatic heterocycles. The molecule has 6 nitrogen and oxygen atoms in total. The summed E-state index contributed by atoms with van der Waals surface area (Å²) in [5.41, 5.74) is 1.29. The first-order valence-corrected chi connectivity index (χ1v) is 10.9. The van der Waals surface area contributed by atoms with Gasteiger partial charge in [0.2, 0.25) is 0 Å². The van der Waals surface area contributed by atoms with Crippen molar-refractivity contribution in [3.8, 4) is 11.4 Å². The Bertz CT molecular complexity index is 1280. The zero-order valence-corrected chi connectivity index (χ0v) is 18.9. The zero-order chi connectivity index (χ0) is 24.3. The lowest BCUT2D eigenvalue weighted by atomic mass is 10.1. The van der Waals surface area contributed by atoms with Gasteiger partial charge in [-0.25, -0.2) is 9.36 Å². The van der Waals surface area contributed by atoms with Crippen molar-refractivity contribution in [1.82, 2.24) is 24.9 Å². The van der Waals surface area contributed by atoms with Crippen molar-refractivity contribution < 1.29 is 18.0 Å². The van der Waals surface area contributed by atoms with Crippen LogP contribution >= 0.6 is 11.6 Å². The smallest absolute Gasteiger partial charge is 0.352 e. The zero-order valence-electron chi connectivity index (χ0n) is 18.2. The number of rotatable bonds is 7. The van der Waals surface area contributed by atoms with E-state index in [2.05, 4.69) is 15.5 Å². The number of benzene rings is 2. The Morgan fingerprint density at radius 3 is 2.44 bits per heavy atom. The van der Waals surface area contributed by atoms with Crippen LogP contribution in [-0.4, -0.2) is 32.0 Å². The number of aromatic nitrogens is 4. The van der Waals surface area contributed by atoms with Crippen LogP contribution in [0.2, 0.25) is 5.02 Å². The van der Waals surface area contributed by atoms with Gasteiger partial charge in [-0.05, 0) is 61.7 Å². The summed E-state index contributed by atoms with van der Waals surface area (Å²) in [5.74, 6) is -0.829. The maximum absolute atomic E-state index is 13.8. The van der Waals surface area contributed by atoms with Gasteiger partial charge in [-0.3, -0.25) is 4.79 Å². The molecular weight excluding hydrogens is 467 g/mol. The van der Waals surface area contributed by atoms with E-state index in [1.54, 1.807) is 4.68 Å². The van der Waals surface area contributed by atoms with Crippen molar-refractivity contribution in [2.75, 3.05) is 6.54 Å². The molecule has 0 spiro atoms. The van der Waals surface area contributed by atoms with Crippen LogP contribution in [0.1, 0.15) is 33.7 Å². The minimum absolute atomic E-state index is 0.154. The van der Waals surface area contributed by atoms with Crippen molar-refractivity contribution in [1.29, 1.82) is 0 Å². The van der Waals surface area contributed by atoms with Crippen LogP contribution in [0, 0.1) is 6.92 Å². The van der Waals surface area contributed by atoms with E-state index in [0.717, 1.165) is 23.1 Å². The van der Waals surface area contributed by atoms with Crippen LogP contribution in [0.25, 0.3) is 11.4 Å². The lowest BCUT2D eigenvalue weighted by Crippen LogP contribution is -2.27. The van der Waals surface area contributed by atoms with Crippen LogP contribution < -0.4 is 5.32 Å². The molecule has 0 bridgehead atoms. The number of nitrogens with one attached hydrogen (secondary N) is 1. The van der Waals surface area contributed by atoms with Crippen LogP contribution in [0.3, 0.4) is 0 Å². The lowest BCUT2D eigenvalue weighted by molar-refractivity contribution is -0.143. The standard InChI is InChI=1S/C24H21ClF3N5O/c1-16-17(15-32(31-16)19-7-3-2-4-8-19)6-5-13-29-23(34)21-14-30-33(22(21)24(26,27)28)20-11-9-18(25)10-12-20/h2-4,7-12,14-15H,5-6,13H2,1H3,(H,29,34). The Balaban J connectivity index is 1.42. The summed E-state index contributed by atoms with van der Waals surface area (Å²) in [5, 5.41) is 11.3. The Labute approximate surface area is 199 Å². The van der Waals surface area contributed by atoms with Gasteiger partial charge in [0, 0.05) is 17.8 Å². The predicted molar refractivity (Wildman–Crippen MR) is 123 cm³/mol. The van der Waals surface area contributed by atoms with Crippen molar-refractivity contribution in [2.45, 2.75) is 25.9 Å². The van der Waals surface area contributed by atoms with E-state index in [0.29, 0.717) is 22.5 Å². The monoisotopic (exact) mass is 487 g/mol. The minimum Gasteiger partial charge on any atom is -0.352 e. The molecule has 1 N–H and O–H groups in total. The number of carbonyl (C=O) groups is 1. The number of amides is 1. The predicted octanol–water partition coefficient (Wildman–Crippen LogP) is 5.40. The molecule has 0 saturated carbocycles. The molecule has 2 aromatic carbocycles. The first-order valence-electron chi connectivity index (χ1n) is 10.5. The van der Waals surface area contributed by atoms with Crippen molar-refractivity contribution >= 4 is 17.5 Å². The number of halogens is 4. The second-order valence-corrected chi connectivity index (χ2v) is 8.11. The van der Waals surface area contributed by atoms with E-state index < -0.39 is 23.3 Å². The molecule has 2 heterocycles. The summed E-state index contributed by atoms with van der Waals surface area (Å²) < 4.78 is 43.8. The fourth-order valence-electron chi connectivity index (χ4n) is 3.60. The van der Waals surface area contributed by atoms with Crippen LogP contribution in [-0.2, 0) is 12.6 Å². The molecule has 0 fully saturated rings. The van der Waals surface area contributed by atoms with Gasteiger partial charge < -0.3 is 5.32 Å². The summed E-state index contributed by atoms with van der Waals surface area (Å²) in [7, 11) is 0. The van der Waals surface area contributed by atoms with E-state index in [1.165, 1.54) is 24.3 Å². The largest absolute Gasteiger partial charge is 0.434 e.